The summed E-state index contributed by atoms with van der Waals surface area (Å²) in [5.41, 5.74) is 0. The zero-order valence-electron chi connectivity index (χ0n) is 14.4. The SMILES string of the molecule is O=COCN1CCCN2CCN(CCCN(CC(=O)O)CC2)CC1. The average molecular weight is 342 g/mol. The molecular formula is C16H30N4O4. The number of carbonyl (C=O) groups excluding carboxylic acids is 1. The first kappa shape index (κ1) is 19.1. The van der Waals surface area contributed by atoms with Crippen molar-refractivity contribution < 1.29 is 19.4 Å². The Morgan fingerprint density at radius 1 is 0.833 bits per heavy atom. The average Bonchev–Trinajstić information content (AvgIpc) is 2.56. The van der Waals surface area contributed by atoms with Crippen molar-refractivity contribution in [1.82, 2.24) is 19.6 Å². The van der Waals surface area contributed by atoms with Crippen molar-refractivity contribution in [2.24, 2.45) is 0 Å². The summed E-state index contributed by atoms with van der Waals surface area (Å²) in [7, 11) is 0. The summed E-state index contributed by atoms with van der Waals surface area (Å²) in [6.45, 7) is 10.4. The smallest absolute Gasteiger partial charge is 0.317 e. The van der Waals surface area contributed by atoms with Crippen molar-refractivity contribution in [3.05, 3.63) is 0 Å². The highest BCUT2D eigenvalue weighted by Gasteiger charge is 2.19. The summed E-state index contributed by atoms with van der Waals surface area (Å²) in [4.78, 5) is 30.6. The highest BCUT2D eigenvalue weighted by Crippen LogP contribution is 2.06. The molecule has 2 aliphatic heterocycles. The molecule has 2 saturated heterocycles. The third-order valence-electron chi connectivity index (χ3n) is 4.78. The van der Waals surface area contributed by atoms with Gasteiger partial charge in [0.05, 0.1) is 6.54 Å². The molecule has 2 bridgehead atoms. The van der Waals surface area contributed by atoms with Crippen LogP contribution in [0.4, 0.5) is 0 Å². The molecule has 0 aliphatic carbocycles. The van der Waals surface area contributed by atoms with Crippen LogP contribution in [0.25, 0.3) is 0 Å². The van der Waals surface area contributed by atoms with Gasteiger partial charge in [-0.15, -0.1) is 0 Å². The lowest BCUT2D eigenvalue weighted by atomic mass is 10.2. The maximum Gasteiger partial charge on any atom is 0.317 e. The summed E-state index contributed by atoms with van der Waals surface area (Å²) in [6, 6.07) is 0. The molecule has 24 heavy (non-hydrogen) atoms. The number of ether oxygens (including phenoxy) is 1. The molecule has 0 aromatic carbocycles. The van der Waals surface area contributed by atoms with Gasteiger partial charge < -0.3 is 19.6 Å². The van der Waals surface area contributed by atoms with Gasteiger partial charge in [-0.25, -0.2) is 0 Å². The normalized spacial score (nSPS) is 28.2. The Labute approximate surface area is 143 Å². The fraction of sp³-hybridized carbons (Fsp3) is 0.875. The molecule has 0 aromatic heterocycles. The Balaban J connectivity index is 1.94. The summed E-state index contributed by atoms with van der Waals surface area (Å²) >= 11 is 0. The van der Waals surface area contributed by atoms with E-state index in [9.17, 15) is 9.59 Å². The molecule has 2 atom stereocenters. The van der Waals surface area contributed by atoms with Gasteiger partial charge >= 0.3 is 5.97 Å². The molecule has 0 spiro atoms. The number of carboxylic acid groups (broad SMARTS) is 1. The van der Waals surface area contributed by atoms with Crippen LogP contribution in [0.1, 0.15) is 12.8 Å². The number of carboxylic acids is 1. The van der Waals surface area contributed by atoms with Gasteiger partial charge in [0.2, 0.25) is 0 Å². The third kappa shape index (κ3) is 7.12. The number of fused-ring (bicyclic) bond motifs is 3. The van der Waals surface area contributed by atoms with Crippen LogP contribution in [-0.2, 0) is 14.3 Å². The monoisotopic (exact) mass is 342 g/mol. The van der Waals surface area contributed by atoms with Crippen molar-refractivity contribution >= 4 is 12.4 Å². The summed E-state index contributed by atoms with van der Waals surface area (Å²) in [5.74, 6) is -0.748. The van der Waals surface area contributed by atoms with Crippen LogP contribution in [0.2, 0.25) is 0 Å². The second kappa shape index (κ2) is 10.6. The van der Waals surface area contributed by atoms with Gasteiger partial charge in [-0.1, -0.05) is 0 Å². The van der Waals surface area contributed by atoms with Crippen molar-refractivity contribution in [3.63, 3.8) is 0 Å². The molecule has 8 nitrogen and oxygen atoms in total. The van der Waals surface area contributed by atoms with Gasteiger partial charge in [0.1, 0.15) is 6.73 Å². The number of aliphatic carboxylic acids is 1. The Kier molecular flexibility index (Phi) is 8.44. The predicted octanol–water partition coefficient (Wildman–Crippen LogP) is -0.783. The molecule has 0 saturated carbocycles. The highest BCUT2D eigenvalue weighted by atomic mass is 16.5. The number of carbonyl (C=O) groups is 2. The van der Waals surface area contributed by atoms with Gasteiger partial charge in [-0.2, -0.15) is 0 Å². The van der Waals surface area contributed by atoms with E-state index in [1.165, 1.54) is 0 Å². The Morgan fingerprint density at radius 3 is 1.96 bits per heavy atom. The van der Waals surface area contributed by atoms with Gasteiger partial charge in [0, 0.05) is 52.4 Å². The number of hydrogen-bond acceptors (Lipinski definition) is 7. The molecule has 0 aromatic rings. The van der Waals surface area contributed by atoms with Crippen molar-refractivity contribution in [3.8, 4) is 0 Å². The van der Waals surface area contributed by atoms with E-state index in [0.717, 1.165) is 78.3 Å². The maximum atomic E-state index is 11.0. The predicted molar refractivity (Wildman–Crippen MR) is 89.8 cm³/mol. The highest BCUT2D eigenvalue weighted by molar-refractivity contribution is 5.69. The molecule has 2 fully saturated rings. The van der Waals surface area contributed by atoms with E-state index in [-0.39, 0.29) is 6.54 Å². The first-order valence-corrected chi connectivity index (χ1v) is 8.84. The van der Waals surface area contributed by atoms with Crippen LogP contribution in [0, 0.1) is 0 Å². The second-order valence-electron chi connectivity index (χ2n) is 6.57. The Morgan fingerprint density at radius 2 is 1.38 bits per heavy atom. The molecule has 2 heterocycles. The van der Waals surface area contributed by atoms with E-state index in [1.807, 2.05) is 0 Å². The standard InChI is InChI=1S/C16H30N4O4/c21-15-24-14-20-6-2-4-17-7-8-18(10-12-20)3-1-5-19(11-9-17)13-16(22)23/h15H,1-14H2,(H,22,23). The fourth-order valence-electron chi connectivity index (χ4n) is 3.39. The number of nitrogens with zero attached hydrogens (tertiary/aromatic N) is 4. The molecule has 2 unspecified atom stereocenters. The van der Waals surface area contributed by atoms with Gasteiger partial charge in [-0.3, -0.25) is 19.4 Å². The van der Waals surface area contributed by atoms with E-state index in [2.05, 4.69) is 19.6 Å². The maximum absolute atomic E-state index is 11.0. The number of rotatable bonds is 5. The zero-order valence-corrected chi connectivity index (χ0v) is 14.4. The minimum atomic E-state index is -0.748. The minimum absolute atomic E-state index is 0.130. The first-order chi connectivity index (χ1) is 11.7. The quantitative estimate of drug-likeness (QED) is 0.652. The zero-order chi connectivity index (χ0) is 17.2. The van der Waals surface area contributed by atoms with Crippen LogP contribution >= 0.6 is 0 Å². The van der Waals surface area contributed by atoms with E-state index in [1.54, 1.807) is 0 Å². The lowest BCUT2D eigenvalue weighted by molar-refractivity contribution is -0.138. The van der Waals surface area contributed by atoms with E-state index in [4.69, 9.17) is 9.84 Å². The van der Waals surface area contributed by atoms with Crippen LogP contribution in [0.3, 0.4) is 0 Å². The van der Waals surface area contributed by atoms with Gasteiger partial charge in [-0.05, 0) is 25.9 Å². The molecule has 2 aliphatic rings. The van der Waals surface area contributed by atoms with E-state index < -0.39 is 5.97 Å². The Bertz CT molecular complexity index is 396. The van der Waals surface area contributed by atoms with Crippen LogP contribution in [0.15, 0.2) is 0 Å². The summed E-state index contributed by atoms with van der Waals surface area (Å²) in [5, 5.41) is 9.06. The van der Waals surface area contributed by atoms with Crippen molar-refractivity contribution in [1.29, 1.82) is 0 Å². The molecule has 2 rings (SSSR count). The first-order valence-electron chi connectivity index (χ1n) is 8.84. The van der Waals surface area contributed by atoms with Gasteiger partial charge in [0.15, 0.2) is 0 Å². The summed E-state index contributed by atoms with van der Waals surface area (Å²) in [6.07, 6.45) is 2.01. The van der Waals surface area contributed by atoms with Crippen LogP contribution in [-0.4, -0.2) is 116 Å². The molecule has 0 radical (unpaired) electrons. The van der Waals surface area contributed by atoms with E-state index in [0.29, 0.717) is 13.2 Å². The van der Waals surface area contributed by atoms with Crippen LogP contribution < -0.4 is 0 Å². The second-order valence-corrected chi connectivity index (χ2v) is 6.57. The third-order valence-corrected chi connectivity index (χ3v) is 4.78. The molecular weight excluding hydrogens is 312 g/mol. The Hall–Kier alpha value is -1.22. The van der Waals surface area contributed by atoms with Gasteiger partial charge in [0.25, 0.3) is 6.47 Å². The minimum Gasteiger partial charge on any atom is -0.480 e. The molecule has 138 valence electrons. The lowest BCUT2D eigenvalue weighted by Gasteiger charge is -2.35. The topological polar surface area (TPSA) is 76.6 Å². The lowest BCUT2D eigenvalue weighted by Crippen LogP contribution is -2.47. The number of hydrogen-bond donors (Lipinski definition) is 1. The van der Waals surface area contributed by atoms with E-state index >= 15 is 0 Å². The van der Waals surface area contributed by atoms with Crippen molar-refractivity contribution in [2.45, 2.75) is 12.8 Å². The largest absolute Gasteiger partial charge is 0.480 e. The summed E-state index contributed by atoms with van der Waals surface area (Å²) < 4.78 is 4.92. The molecule has 1 N–H and O–H groups in total. The van der Waals surface area contributed by atoms with Crippen molar-refractivity contribution in [2.75, 3.05) is 78.7 Å². The molecule has 0 amide bonds. The fourth-order valence-corrected chi connectivity index (χ4v) is 3.39. The molecule has 8 heteroatoms. The van der Waals surface area contributed by atoms with Crippen LogP contribution in [0.5, 0.6) is 0 Å².